The maximum Gasteiger partial charge on any atom is 0.416 e. The predicted molar refractivity (Wildman–Crippen MR) is 53.3 cm³/mol. The Morgan fingerprint density at radius 2 is 2.06 bits per heavy atom. The molecule has 0 aliphatic carbocycles. The summed E-state index contributed by atoms with van der Waals surface area (Å²) in [7, 11) is 1.66. The highest BCUT2D eigenvalue weighted by Gasteiger charge is 2.32. The van der Waals surface area contributed by atoms with E-state index in [4.69, 9.17) is 0 Å². The molecule has 0 radical (unpaired) electrons. The summed E-state index contributed by atoms with van der Waals surface area (Å²) in [5.74, 6) is -0.311. The lowest BCUT2D eigenvalue weighted by Gasteiger charge is -2.27. The van der Waals surface area contributed by atoms with Crippen molar-refractivity contribution < 1.29 is 18.0 Å². The topological polar surface area (TPSA) is 32.3 Å². The number of nitrogens with one attached hydrogen (secondary N) is 1. The first-order valence-electron chi connectivity index (χ1n) is 4.60. The van der Waals surface area contributed by atoms with Crippen LogP contribution < -0.4 is 10.2 Å². The first-order chi connectivity index (χ1) is 7.38. The Morgan fingerprint density at radius 3 is 2.69 bits per heavy atom. The van der Waals surface area contributed by atoms with E-state index in [0.717, 1.165) is 12.1 Å². The first-order valence-corrected chi connectivity index (χ1v) is 4.60. The molecule has 0 spiro atoms. The molecule has 6 heteroatoms. The third kappa shape index (κ3) is 1.82. The van der Waals surface area contributed by atoms with E-state index in [1.54, 1.807) is 11.9 Å². The molecule has 0 bridgehead atoms. The van der Waals surface area contributed by atoms with Crippen LogP contribution >= 0.6 is 0 Å². The number of benzene rings is 1. The normalized spacial score (nSPS) is 15.8. The number of carbonyl (C=O) groups excluding carboxylic acids is 1. The number of alkyl halides is 3. The highest BCUT2D eigenvalue weighted by molar-refractivity contribution is 6.01. The lowest BCUT2D eigenvalue weighted by molar-refractivity contribution is -0.137. The van der Waals surface area contributed by atoms with Gasteiger partial charge in [0.2, 0.25) is 5.91 Å². The third-order valence-electron chi connectivity index (χ3n) is 2.39. The number of hydrogen-bond acceptors (Lipinski definition) is 2. The smallest absolute Gasteiger partial charge is 0.364 e. The van der Waals surface area contributed by atoms with Gasteiger partial charge in [0, 0.05) is 7.05 Å². The second kappa shape index (κ2) is 3.40. The number of anilines is 2. The number of nitrogens with zero attached hydrogens (tertiary/aromatic N) is 1. The molecular formula is C10H9F3N2O. The molecule has 1 amide bonds. The van der Waals surface area contributed by atoms with Crippen LogP contribution in [0.4, 0.5) is 24.5 Å². The molecular weight excluding hydrogens is 221 g/mol. The standard InChI is InChI=1S/C10H9F3N2O/c1-15-5-9(16)14-7-4-6(10(11,12)13)2-3-8(7)15/h2-4H,5H2,1H3,(H,14,16). The van der Waals surface area contributed by atoms with Crippen LogP contribution in [-0.2, 0) is 11.0 Å². The number of rotatable bonds is 0. The third-order valence-corrected chi connectivity index (χ3v) is 2.39. The molecule has 0 saturated heterocycles. The number of carbonyl (C=O) groups is 1. The van der Waals surface area contributed by atoms with Crippen molar-refractivity contribution in [2.24, 2.45) is 0 Å². The van der Waals surface area contributed by atoms with Gasteiger partial charge in [-0.25, -0.2) is 0 Å². The number of halogens is 3. The molecule has 0 unspecified atom stereocenters. The van der Waals surface area contributed by atoms with Gasteiger partial charge < -0.3 is 10.2 Å². The lowest BCUT2D eigenvalue weighted by Crippen LogP contribution is -2.35. The summed E-state index contributed by atoms with van der Waals surface area (Å²) in [6.45, 7) is 0.151. The van der Waals surface area contributed by atoms with Crippen molar-refractivity contribution in [2.45, 2.75) is 6.18 Å². The minimum absolute atomic E-state index is 0.151. The van der Waals surface area contributed by atoms with E-state index in [9.17, 15) is 18.0 Å². The van der Waals surface area contributed by atoms with E-state index in [0.29, 0.717) is 5.69 Å². The minimum Gasteiger partial charge on any atom is -0.364 e. The summed E-state index contributed by atoms with van der Waals surface area (Å²) in [4.78, 5) is 12.8. The Labute approximate surface area is 89.9 Å². The molecule has 86 valence electrons. The van der Waals surface area contributed by atoms with Gasteiger partial charge in [-0.1, -0.05) is 0 Å². The molecule has 0 saturated carbocycles. The second-order valence-electron chi connectivity index (χ2n) is 3.63. The molecule has 16 heavy (non-hydrogen) atoms. The van der Waals surface area contributed by atoms with Gasteiger partial charge in [0.25, 0.3) is 0 Å². The SMILES string of the molecule is CN1CC(=O)Nc2cc(C(F)(F)F)ccc21. The predicted octanol–water partition coefficient (Wildman–Crippen LogP) is 2.09. The van der Waals surface area contributed by atoms with Crippen molar-refractivity contribution in [3.63, 3.8) is 0 Å². The van der Waals surface area contributed by atoms with Gasteiger partial charge in [-0.2, -0.15) is 13.2 Å². The van der Waals surface area contributed by atoms with Gasteiger partial charge in [-0.3, -0.25) is 4.79 Å². The molecule has 3 nitrogen and oxygen atoms in total. The van der Waals surface area contributed by atoms with Crippen molar-refractivity contribution in [2.75, 3.05) is 23.8 Å². The van der Waals surface area contributed by atoms with Gasteiger partial charge in [0.1, 0.15) is 0 Å². The Hall–Kier alpha value is -1.72. The summed E-state index contributed by atoms with van der Waals surface area (Å²) in [6, 6.07) is 3.31. The number of hydrogen-bond donors (Lipinski definition) is 1. The van der Waals surface area contributed by atoms with Gasteiger partial charge in [-0.15, -0.1) is 0 Å². The van der Waals surface area contributed by atoms with Crippen molar-refractivity contribution >= 4 is 17.3 Å². The first kappa shape index (κ1) is 10.8. The van der Waals surface area contributed by atoms with Gasteiger partial charge >= 0.3 is 6.18 Å². The van der Waals surface area contributed by atoms with E-state index in [1.807, 2.05) is 0 Å². The Kier molecular flexibility index (Phi) is 2.29. The summed E-state index contributed by atoms with van der Waals surface area (Å²) < 4.78 is 37.3. The maximum absolute atomic E-state index is 12.4. The van der Waals surface area contributed by atoms with Gasteiger partial charge in [0.05, 0.1) is 23.5 Å². The zero-order valence-electron chi connectivity index (χ0n) is 8.43. The molecule has 0 atom stereocenters. The molecule has 1 N–H and O–H groups in total. The molecule has 0 aromatic heterocycles. The summed E-state index contributed by atoms with van der Waals surface area (Å²) in [5, 5.41) is 2.42. The van der Waals surface area contributed by atoms with Crippen molar-refractivity contribution in [3.8, 4) is 0 Å². The minimum atomic E-state index is -4.39. The van der Waals surface area contributed by atoms with Gasteiger partial charge in [0.15, 0.2) is 0 Å². The molecule has 0 fully saturated rings. The van der Waals surface area contributed by atoms with Crippen LogP contribution in [-0.4, -0.2) is 19.5 Å². The van der Waals surface area contributed by atoms with Crippen LogP contribution in [0.15, 0.2) is 18.2 Å². The quantitative estimate of drug-likeness (QED) is 0.740. The summed E-state index contributed by atoms with van der Waals surface area (Å²) >= 11 is 0. The van der Waals surface area contributed by atoms with E-state index in [-0.39, 0.29) is 18.1 Å². The fraction of sp³-hybridized carbons (Fsp3) is 0.300. The second-order valence-corrected chi connectivity index (χ2v) is 3.63. The van der Waals surface area contributed by atoms with Crippen LogP contribution in [0.3, 0.4) is 0 Å². The number of fused-ring (bicyclic) bond motifs is 1. The zero-order chi connectivity index (χ0) is 11.9. The highest BCUT2D eigenvalue weighted by Crippen LogP contribution is 2.36. The zero-order valence-corrected chi connectivity index (χ0v) is 8.43. The fourth-order valence-electron chi connectivity index (χ4n) is 1.64. The van der Waals surface area contributed by atoms with Crippen LogP contribution in [0.5, 0.6) is 0 Å². The van der Waals surface area contributed by atoms with Crippen LogP contribution in [0, 0.1) is 0 Å². The fourth-order valence-corrected chi connectivity index (χ4v) is 1.64. The Morgan fingerprint density at radius 1 is 1.38 bits per heavy atom. The number of likely N-dealkylation sites (N-methyl/N-ethyl adjacent to an activating group) is 1. The van der Waals surface area contributed by atoms with Gasteiger partial charge in [-0.05, 0) is 18.2 Å². The molecule has 1 aliphatic heterocycles. The van der Waals surface area contributed by atoms with Crippen LogP contribution in [0.1, 0.15) is 5.56 Å². The van der Waals surface area contributed by atoms with Crippen LogP contribution in [0.25, 0.3) is 0 Å². The van der Waals surface area contributed by atoms with E-state index < -0.39 is 11.7 Å². The largest absolute Gasteiger partial charge is 0.416 e. The van der Waals surface area contributed by atoms with Crippen LogP contribution in [0.2, 0.25) is 0 Å². The summed E-state index contributed by atoms with van der Waals surface area (Å²) in [6.07, 6.45) is -4.39. The average Bonchev–Trinajstić information content (AvgIpc) is 2.15. The van der Waals surface area contributed by atoms with E-state index in [1.165, 1.54) is 6.07 Å². The monoisotopic (exact) mass is 230 g/mol. The molecule has 2 rings (SSSR count). The maximum atomic E-state index is 12.4. The van der Waals surface area contributed by atoms with Crippen molar-refractivity contribution in [3.05, 3.63) is 23.8 Å². The van der Waals surface area contributed by atoms with E-state index in [2.05, 4.69) is 5.32 Å². The molecule has 1 aromatic carbocycles. The van der Waals surface area contributed by atoms with Crippen molar-refractivity contribution in [1.82, 2.24) is 0 Å². The van der Waals surface area contributed by atoms with E-state index >= 15 is 0 Å². The average molecular weight is 230 g/mol. The van der Waals surface area contributed by atoms with Crippen molar-refractivity contribution in [1.29, 1.82) is 0 Å². The highest BCUT2D eigenvalue weighted by atomic mass is 19.4. The number of amides is 1. The molecule has 1 heterocycles. The summed E-state index contributed by atoms with van der Waals surface area (Å²) in [5.41, 5.74) is 0.0306. The Bertz CT molecular complexity index is 442. The Balaban J connectivity index is 2.46. The molecule has 1 aliphatic rings. The molecule has 1 aromatic rings. The lowest BCUT2D eigenvalue weighted by atomic mass is 10.1.